The van der Waals surface area contributed by atoms with Crippen molar-refractivity contribution in [2.75, 3.05) is 32.8 Å². The fraction of sp³-hybridized carbons (Fsp3) is 0.417. The molecule has 0 unspecified atom stereocenters. The van der Waals surface area contributed by atoms with Crippen LogP contribution in [0.25, 0.3) is 10.7 Å². The molecule has 34 heavy (non-hydrogen) atoms. The number of aromatic nitrogens is 5. The molecule has 174 valence electrons. The summed E-state index contributed by atoms with van der Waals surface area (Å²) in [5.41, 5.74) is 4.67. The first-order valence-corrected chi connectivity index (χ1v) is 11.3. The van der Waals surface area contributed by atoms with Gasteiger partial charge < -0.3 is 9.64 Å². The van der Waals surface area contributed by atoms with Crippen LogP contribution in [0.15, 0.2) is 36.8 Å². The van der Waals surface area contributed by atoms with Gasteiger partial charge in [0.1, 0.15) is 6.33 Å². The van der Waals surface area contributed by atoms with Gasteiger partial charge >= 0.3 is 0 Å². The minimum absolute atomic E-state index is 0.0515. The van der Waals surface area contributed by atoms with E-state index >= 15 is 0 Å². The normalized spacial score (nSPS) is 20.6. The number of pyridine rings is 1. The topological polar surface area (TPSA) is 93.6 Å². The number of hydrogen-bond acceptors (Lipinski definition) is 7. The molecule has 2 fully saturated rings. The number of benzene rings is 1. The first-order chi connectivity index (χ1) is 16.5. The second kappa shape index (κ2) is 9.29. The first-order valence-electron chi connectivity index (χ1n) is 11.3. The van der Waals surface area contributed by atoms with E-state index in [4.69, 9.17) is 11.3 Å². The summed E-state index contributed by atoms with van der Waals surface area (Å²) in [5.74, 6) is 0.700. The van der Waals surface area contributed by atoms with Crippen LogP contribution in [0.1, 0.15) is 28.4 Å². The summed E-state index contributed by atoms with van der Waals surface area (Å²) in [5, 5.41) is 11.0. The molecule has 4 heterocycles. The number of rotatable bonds is 4. The van der Waals surface area contributed by atoms with E-state index in [9.17, 15) is 4.79 Å². The number of fused-ring (bicyclic) bond motifs is 1. The van der Waals surface area contributed by atoms with Gasteiger partial charge in [-0.3, -0.25) is 9.69 Å². The van der Waals surface area contributed by atoms with Crippen LogP contribution in [0, 0.1) is 20.4 Å². The number of tetrazole rings is 1. The zero-order valence-corrected chi connectivity index (χ0v) is 19.3. The van der Waals surface area contributed by atoms with Crippen molar-refractivity contribution in [3.05, 3.63) is 70.5 Å². The van der Waals surface area contributed by atoms with Gasteiger partial charge in [-0.1, -0.05) is 18.2 Å². The maximum absolute atomic E-state index is 13.0. The van der Waals surface area contributed by atoms with Crippen LogP contribution in [-0.2, 0) is 16.0 Å². The molecule has 2 atom stereocenters. The summed E-state index contributed by atoms with van der Waals surface area (Å²) >= 11 is 0. The van der Waals surface area contributed by atoms with E-state index in [0.29, 0.717) is 31.9 Å². The molecule has 10 heteroatoms. The zero-order chi connectivity index (χ0) is 23.7. The Morgan fingerprint density at radius 3 is 2.82 bits per heavy atom. The van der Waals surface area contributed by atoms with Crippen molar-refractivity contribution in [1.82, 2.24) is 35.0 Å². The monoisotopic (exact) mass is 458 g/mol. The molecule has 0 radical (unpaired) electrons. The molecule has 5 rings (SSSR count). The van der Waals surface area contributed by atoms with Crippen LogP contribution in [-0.4, -0.2) is 79.7 Å². The first kappa shape index (κ1) is 22.1. The van der Waals surface area contributed by atoms with Crippen molar-refractivity contribution in [3.8, 4) is 5.82 Å². The van der Waals surface area contributed by atoms with Gasteiger partial charge in [0, 0.05) is 32.4 Å². The Kier molecular flexibility index (Phi) is 6.04. The highest BCUT2D eigenvalue weighted by atomic mass is 16.5. The van der Waals surface area contributed by atoms with Gasteiger partial charge in [0.25, 0.3) is 0 Å². The van der Waals surface area contributed by atoms with Crippen LogP contribution in [0.4, 0.5) is 5.69 Å². The molecule has 2 aromatic heterocycles. The molecule has 0 aliphatic carbocycles. The molecule has 0 saturated carbocycles. The molecular formula is C24H26N8O2. The van der Waals surface area contributed by atoms with Crippen molar-refractivity contribution in [1.29, 1.82) is 0 Å². The Balaban J connectivity index is 1.19. The zero-order valence-electron chi connectivity index (χ0n) is 19.3. The van der Waals surface area contributed by atoms with E-state index in [1.807, 2.05) is 30.9 Å². The van der Waals surface area contributed by atoms with E-state index in [0.717, 1.165) is 41.0 Å². The minimum Gasteiger partial charge on any atom is -0.371 e. The Bertz CT molecular complexity index is 1220. The van der Waals surface area contributed by atoms with Gasteiger partial charge in [-0.25, -0.2) is 9.83 Å². The number of amides is 1. The van der Waals surface area contributed by atoms with Gasteiger partial charge in [-0.2, -0.15) is 4.68 Å². The number of hydrogen-bond donors (Lipinski definition) is 0. The lowest BCUT2D eigenvalue weighted by Crippen LogP contribution is -2.59. The summed E-state index contributed by atoms with van der Waals surface area (Å²) in [7, 11) is 0. The second-order valence-electron chi connectivity index (χ2n) is 8.82. The van der Waals surface area contributed by atoms with Gasteiger partial charge in [-0.15, -0.1) is 5.10 Å². The smallest absolute Gasteiger partial charge is 0.227 e. The summed E-state index contributed by atoms with van der Waals surface area (Å²) in [6.07, 6.45) is 3.43. The van der Waals surface area contributed by atoms with E-state index in [-0.39, 0.29) is 18.1 Å². The largest absolute Gasteiger partial charge is 0.371 e. The molecular weight excluding hydrogens is 432 g/mol. The Morgan fingerprint density at radius 2 is 2.09 bits per heavy atom. The molecule has 2 aliphatic rings. The third-order valence-corrected chi connectivity index (χ3v) is 6.73. The van der Waals surface area contributed by atoms with Gasteiger partial charge in [-0.05, 0) is 52.6 Å². The lowest BCUT2D eigenvalue weighted by Gasteiger charge is -2.46. The van der Waals surface area contributed by atoms with E-state index in [1.54, 1.807) is 12.3 Å². The highest BCUT2D eigenvalue weighted by Gasteiger charge is 2.36. The lowest BCUT2D eigenvalue weighted by molar-refractivity contribution is -0.139. The van der Waals surface area contributed by atoms with E-state index < -0.39 is 0 Å². The molecule has 1 aromatic carbocycles. The quantitative estimate of drug-likeness (QED) is 0.553. The predicted octanol–water partition coefficient (Wildman–Crippen LogP) is 2.05. The van der Waals surface area contributed by atoms with Crippen LogP contribution >= 0.6 is 0 Å². The SMILES string of the molecule is [C-]#[N+]c1c(C)ccc([C@H]2CN3CCN(C(=O)Cc4ccc(-n5cnnn5)nc4)C[C@H]3CO2)c1C. The maximum atomic E-state index is 13.0. The van der Waals surface area contributed by atoms with Crippen LogP contribution in [0.2, 0.25) is 0 Å². The average molecular weight is 459 g/mol. The molecule has 2 saturated heterocycles. The number of carbonyl (C=O) groups is 1. The Hall–Kier alpha value is -3.68. The third-order valence-electron chi connectivity index (χ3n) is 6.73. The minimum atomic E-state index is -0.0515. The fourth-order valence-corrected chi connectivity index (χ4v) is 4.78. The maximum Gasteiger partial charge on any atom is 0.227 e. The van der Waals surface area contributed by atoms with Crippen LogP contribution in [0.3, 0.4) is 0 Å². The summed E-state index contributed by atoms with van der Waals surface area (Å²) in [4.78, 5) is 25.4. The standard InChI is InChI=1S/C24H26N8O2/c1-16-4-6-20(17(2)24(16)25-3)21-13-30-8-9-31(12-19(30)14-34-21)23(33)10-18-5-7-22(26-11-18)32-15-27-28-29-32/h4-7,11,15,19,21H,8-10,12-14H2,1-2H3/t19-,21+/m0/s1. The van der Waals surface area contributed by atoms with Crippen LogP contribution < -0.4 is 0 Å². The van der Waals surface area contributed by atoms with Gasteiger partial charge in [0.2, 0.25) is 5.91 Å². The van der Waals surface area contributed by atoms with E-state index in [1.165, 1.54) is 11.0 Å². The molecule has 10 nitrogen and oxygen atoms in total. The number of carbonyl (C=O) groups excluding carboxylic acids is 1. The summed E-state index contributed by atoms with van der Waals surface area (Å²) < 4.78 is 7.71. The fourth-order valence-electron chi connectivity index (χ4n) is 4.78. The van der Waals surface area contributed by atoms with Gasteiger partial charge in [0.15, 0.2) is 11.5 Å². The number of aryl methyl sites for hydroxylation is 1. The highest BCUT2D eigenvalue weighted by molar-refractivity contribution is 5.79. The van der Waals surface area contributed by atoms with Crippen molar-refractivity contribution in [2.45, 2.75) is 32.4 Å². The Morgan fingerprint density at radius 1 is 1.21 bits per heavy atom. The molecule has 1 amide bonds. The van der Waals surface area contributed by atoms with E-state index in [2.05, 4.69) is 36.3 Å². The van der Waals surface area contributed by atoms with Gasteiger partial charge in [0.05, 0.1) is 31.7 Å². The predicted molar refractivity (Wildman–Crippen MR) is 123 cm³/mol. The van der Waals surface area contributed by atoms with Crippen molar-refractivity contribution in [3.63, 3.8) is 0 Å². The third kappa shape index (κ3) is 4.27. The molecule has 0 spiro atoms. The van der Waals surface area contributed by atoms with Crippen LogP contribution in [0.5, 0.6) is 0 Å². The average Bonchev–Trinajstić information content (AvgIpc) is 3.39. The molecule has 2 aliphatic heterocycles. The summed E-state index contributed by atoms with van der Waals surface area (Å²) in [6, 6.07) is 7.96. The second-order valence-corrected chi connectivity index (χ2v) is 8.82. The number of piperazine rings is 1. The number of morpholine rings is 1. The molecule has 3 aromatic rings. The molecule has 0 N–H and O–H groups in total. The highest BCUT2D eigenvalue weighted by Crippen LogP contribution is 2.34. The van der Waals surface area contributed by atoms with Crippen molar-refractivity contribution < 1.29 is 9.53 Å². The number of nitrogens with zero attached hydrogens (tertiary/aromatic N) is 8. The number of ether oxygens (including phenoxy) is 1. The van der Waals surface area contributed by atoms with Crippen molar-refractivity contribution in [2.24, 2.45) is 0 Å². The van der Waals surface area contributed by atoms with Crippen molar-refractivity contribution >= 4 is 11.6 Å². The lowest BCUT2D eigenvalue weighted by atomic mass is 9.96. The summed E-state index contributed by atoms with van der Waals surface area (Å²) in [6.45, 7) is 15.0. The Labute approximate surface area is 198 Å². The molecule has 0 bridgehead atoms.